The summed E-state index contributed by atoms with van der Waals surface area (Å²) in [6.07, 6.45) is 4.19. The summed E-state index contributed by atoms with van der Waals surface area (Å²) in [6, 6.07) is 7.51. The fourth-order valence-corrected chi connectivity index (χ4v) is 1.92. The van der Waals surface area contributed by atoms with E-state index < -0.39 is 0 Å². The van der Waals surface area contributed by atoms with Gasteiger partial charge in [-0.15, -0.1) is 0 Å². The lowest BCUT2D eigenvalue weighted by Crippen LogP contribution is -2.32. The van der Waals surface area contributed by atoms with Gasteiger partial charge in [0, 0.05) is 12.4 Å². The topological polar surface area (TPSA) is 67.0 Å². The number of benzene rings is 1. The van der Waals surface area contributed by atoms with Gasteiger partial charge in [-0.05, 0) is 31.0 Å². The van der Waals surface area contributed by atoms with Gasteiger partial charge in [0.25, 0.3) is 5.91 Å². The number of H-pyrrole nitrogens is 1. The number of aromatic nitrogens is 2. The van der Waals surface area contributed by atoms with Gasteiger partial charge in [-0.2, -0.15) is 0 Å². The van der Waals surface area contributed by atoms with Gasteiger partial charge >= 0.3 is 0 Å². The zero-order chi connectivity index (χ0) is 14.4. The van der Waals surface area contributed by atoms with E-state index in [4.69, 9.17) is 4.74 Å². The number of carbonyl (C=O) groups is 1. The lowest BCUT2D eigenvalue weighted by molar-refractivity contribution is -0.123. The molecular formula is C15H19N3O2. The number of carbonyl (C=O) groups excluding carboxylic acids is 1. The van der Waals surface area contributed by atoms with E-state index in [-0.39, 0.29) is 18.6 Å². The van der Waals surface area contributed by atoms with Crippen LogP contribution in [0.3, 0.4) is 0 Å². The number of amides is 1. The standard InChI is InChI=1S/C15H19N3O2/c1-3-13(15-16-7-8-17-15)18-14(19)10-20-12-6-4-5-11(2)9-12/h4-9,13H,3,10H2,1-2H3,(H,16,17)(H,18,19). The molecule has 0 aliphatic heterocycles. The molecule has 106 valence electrons. The summed E-state index contributed by atoms with van der Waals surface area (Å²) in [6.45, 7) is 3.98. The molecule has 1 unspecified atom stereocenters. The highest BCUT2D eigenvalue weighted by Gasteiger charge is 2.14. The Labute approximate surface area is 118 Å². The predicted molar refractivity (Wildman–Crippen MR) is 76.4 cm³/mol. The van der Waals surface area contributed by atoms with E-state index in [2.05, 4.69) is 15.3 Å². The Hall–Kier alpha value is -2.30. The monoisotopic (exact) mass is 273 g/mol. The molecule has 1 amide bonds. The van der Waals surface area contributed by atoms with Gasteiger partial charge in [0.1, 0.15) is 11.6 Å². The molecule has 0 saturated carbocycles. The van der Waals surface area contributed by atoms with Gasteiger partial charge in [-0.1, -0.05) is 19.1 Å². The number of aryl methyl sites for hydroxylation is 1. The molecular weight excluding hydrogens is 254 g/mol. The minimum Gasteiger partial charge on any atom is -0.484 e. The zero-order valence-corrected chi connectivity index (χ0v) is 11.7. The molecule has 1 atom stereocenters. The van der Waals surface area contributed by atoms with Crippen LogP contribution in [-0.2, 0) is 4.79 Å². The largest absolute Gasteiger partial charge is 0.484 e. The maximum atomic E-state index is 11.9. The van der Waals surface area contributed by atoms with E-state index in [0.29, 0.717) is 5.75 Å². The summed E-state index contributed by atoms with van der Waals surface area (Å²) in [5.74, 6) is 1.30. The molecule has 1 aromatic heterocycles. The summed E-state index contributed by atoms with van der Waals surface area (Å²) in [7, 11) is 0. The number of imidazole rings is 1. The molecule has 0 bridgehead atoms. The Balaban J connectivity index is 1.86. The molecule has 0 aliphatic rings. The number of hydrogen-bond acceptors (Lipinski definition) is 3. The van der Waals surface area contributed by atoms with Crippen molar-refractivity contribution in [3.63, 3.8) is 0 Å². The Kier molecular flexibility index (Phi) is 4.76. The highest BCUT2D eigenvalue weighted by Crippen LogP contribution is 2.13. The molecule has 1 heterocycles. The normalized spacial score (nSPS) is 11.9. The fraction of sp³-hybridized carbons (Fsp3) is 0.333. The van der Waals surface area contributed by atoms with E-state index in [1.54, 1.807) is 12.4 Å². The van der Waals surface area contributed by atoms with Crippen LogP contribution >= 0.6 is 0 Å². The first-order valence-electron chi connectivity index (χ1n) is 6.67. The number of hydrogen-bond donors (Lipinski definition) is 2. The summed E-state index contributed by atoms with van der Waals surface area (Å²) < 4.78 is 5.47. The van der Waals surface area contributed by atoms with Gasteiger partial charge in [0.05, 0.1) is 6.04 Å². The Morgan fingerprint density at radius 1 is 1.50 bits per heavy atom. The molecule has 0 fully saturated rings. The third kappa shape index (κ3) is 3.85. The minimum atomic E-state index is -0.158. The summed E-state index contributed by atoms with van der Waals surface area (Å²) >= 11 is 0. The number of nitrogens with zero attached hydrogens (tertiary/aromatic N) is 1. The third-order valence-electron chi connectivity index (χ3n) is 2.95. The SMILES string of the molecule is CCC(NC(=O)COc1cccc(C)c1)c1ncc[nH]1. The number of aromatic amines is 1. The molecule has 5 heteroatoms. The van der Waals surface area contributed by atoms with E-state index in [1.165, 1.54) is 0 Å². The number of ether oxygens (including phenoxy) is 1. The first-order valence-corrected chi connectivity index (χ1v) is 6.67. The van der Waals surface area contributed by atoms with Crippen LogP contribution < -0.4 is 10.1 Å². The minimum absolute atomic E-state index is 0.000657. The lowest BCUT2D eigenvalue weighted by atomic mass is 10.2. The molecule has 0 spiro atoms. The Bertz CT molecular complexity index is 552. The van der Waals surface area contributed by atoms with Gasteiger partial charge < -0.3 is 15.0 Å². The summed E-state index contributed by atoms with van der Waals surface area (Å²) in [4.78, 5) is 19.1. The van der Waals surface area contributed by atoms with E-state index in [0.717, 1.165) is 17.8 Å². The van der Waals surface area contributed by atoms with Crippen molar-refractivity contribution in [1.29, 1.82) is 0 Å². The van der Waals surface area contributed by atoms with Crippen molar-refractivity contribution in [3.05, 3.63) is 48.0 Å². The predicted octanol–water partition coefficient (Wildman–Crippen LogP) is 2.36. The van der Waals surface area contributed by atoms with Gasteiger partial charge in [0.15, 0.2) is 6.61 Å². The summed E-state index contributed by atoms with van der Waals surface area (Å²) in [5.41, 5.74) is 1.10. The molecule has 2 rings (SSSR count). The second-order valence-electron chi connectivity index (χ2n) is 4.61. The van der Waals surface area contributed by atoms with E-state index in [9.17, 15) is 4.79 Å². The highest BCUT2D eigenvalue weighted by molar-refractivity contribution is 5.77. The first-order chi connectivity index (χ1) is 9.69. The van der Waals surface area contributed by atoms with Crippen LogP contribution in [-0.4, -0.2) is 22.5 Å². The summed E-state index contributed by atoms with van der Waals surface area (Å²) in [5, 5.41) is 2.90. The van der Waals surface area contributed by atoms with Crippen LogP contribution in [0.5, 0.6) is 5.75 Å². The number of nitrogens with one attached hydrogen (secondary N) is 2. The average Bonchev–Trinajstić information content (AvgIpc) is 2.96. The van der Waals surface area contributed by atoms with Crippen molar-refractivity contribution >= 4 is 5.91 Å². The molecule has 20 heavy (non-hydrogen) atoms. The first kappa shape index (κ1) is 14.1. The molecule has 0 saturated heterocycles. The van der Waals surface area contributed by atoms with Gasteiger partial charge in [-0.3, -0.25) is 4.79 Å². The molecule has 0 radical (unpaired) electrons. The highest BCUT2D eigenvalue weighted by atomic mass is 16.5. The van der Waals surface area contributed by atoms with Crippen LogP contribution in [0.1, 0.15) is 30.8 Å². The second-order valence-corrected chi connectivity index (χ2v) is 4.61. The maximum absolute atomic E-state index is 11.9. The van der Waals surface area contributed by atoms with Crippen LogP contribution in [0.2, 0.25) is 0 Å². The Morgan fingerprint density at radius 3 is 3.00 bits per heavy atom. The van der Waals surface area contributed by atoms with Crippen molar-refractivity contribution in [1.82, 2.24) is 15.3 Å². The molecule has 2 aromatic rings. The van der Waals surface area contributed by atoms with Crippen molar-refractivity contribution < 1.29 is 9.53 Å². The van der Waals surface area contributed by atoms with Gasteiger partial charge in [-0.25, -0.2) is 4.98 Å². The molecule has 1 aromatic carbocycles. The van der Waals surface area contributed by atoms with E-state index >= 15 is 0 Å². The zero-order valence-electron chi connectivity index (χ0n) is 11.7. The quantitative estimate of drug-likeness (QED) is 0.849. The smallest absolute Gasteiger partial charge is 0.258 e. The van der Waals surface area contributed by atoms with Crippen molar-refractivity contribution in [2.45, 2.75) is 26.3 Å². The van der Waals surface area contributed by atoms with Crippen LogP contribution in [0.4, 0.5) is 0 Å². The average molecular weight is 273 g/mol. The second kappa shape index (κ2) is 6.75. The molecule has 2 N–H and O–H groups in total. The maximum Gasteiger partial charge on any atom is 0.258 e. The molecule has 0 aliphatic carbocycles. The molecule has 5 nitrogen and oxygen atoms in total. The van der Waals surface area contributed by atoms with Crippen molar-refractivity contribution in [2.75, 3.05) is 6.61 Å². The third-order valence-corrected chi connectivity index (χ3v) is 2.95. The van der Waals surface area contributed by atoms with Crippen LogP contribution in [0.25, 0.3) is 0 Å². The van der Waals surface area contributed by atoms with Gasteiger partial charge in [0.2, 0.25) is 0 Å². The number of rotatable bonds is 6. The van der Waals surface area contributed by atoms with Crippen LogP contribution in [0, 0.1) is 6.92 Å². The van der Waals surface area contributed by atoms with Crippen molar-refractivity contribution in [3.8, 4) is 5.75 Å². The van der Waals surface area contributed by atoms with Crippen LogP contribution in [0.15, 0.2) is 36.7 Å². The Morgan fingerprint density at radius 2 is 2.35 bits per heavy atom. The lowest BCUT2D eigenvalue weighted by Gasteiger charge is -2.15. The van der Waals surface area contributed by atoms with E-state index in [1.807, 2.05) is 38.1 Å². The van der Waals surface area contributed by atoms with Crippen molar-refractivity contribution in [2.24, 2.45) is 0 Å². The fourth-order valence-electron chi connectivity index (χ4n) is 1.92.